The van der Waals surface area contributed by atoms with Crippen molar-refractivity contribution in [2.75, 3.05) is 31.2 Å². The molecule has 1 aromatic heterocycles. The van der Waals surface area contributed by atoms with Gasteiger partial charge in [-0.1, -0.05) is 53.6 Å². The van der Waals surface area contributed by atoms with Crippen LogP contribution in [0.25, 0.3) is 11.1 Å². The monoisotopic (exact) mass is 424 g/mol. The average Bonchev–Trinajstić information content (AvgIpc) is 3.18. The molecule has 0 spiro atoms. The number of anilines is 1. The van der Waals surface area contributed by atoms with Crippen LogP contribution in [0.15, 0.2) is 54.7 Å². The van der Waals surface area contributed by atoms with Crippen LogP contribution in [0.2, 0.25) is 5.02 Å². The second-order valence-electron chi connectivity index (χ2n) is 7.43. The Balaban J connectivity index is 1.50. The van der Waals surface area contributed by atoms with Crippen molar-refractivity contribution >= 4 is 23.3 Å². The number of ether oxygens (including phenoxy) is 1. The van der Waals surface area contributed by atoms with Gasteiger partial charge < -0.3 is 15.0 Å². The quantitative estimate of drug-likeness (QED) is 0.656. The van der Waals surface area contributed by atoms with Gasteiger partial charge in [-0.25, -0.2) is 0 Å². The van der Waals surface area contributed by atoms with Crippen molar-refractivity contribution in [1.82, 2.24) is 15.1 Å². The number of morpholine rings is 1. The lowest BCUT2D eigenvalue weighted by atomic mass is 10.1. The smallest absolute Gasteiger partial charge is 0.241 e. The number of halogens is 1. The molecule has 4 rings (SSSR count). The molecule has 0 saturated carbocycles. The second kappa shape index (κ2) is 9.32. The van der Waals surface area contributed by atoms with Gasteiger partial charge in [0.05, 0.1) is 13.2 Å². The van der Waals surface area contributed by atoms with E-state index in [0.717, 1.165) is 35.6 Å². The Morgan fingerprint density at radius 3 is 2.50 bits per heavy atom. The maximum absolute atomic E-state index is 12.5. The molecule has 1 saturated heterocycles. The van der Waals surface area contributed by atoms with Crippen molar-refractivity contribution in [2.45, 2.75) is 20.0 Å². The largest absolute Gasteiger partial charge is 0.378 e. The number of benzene rings is 2. The number of carbonyl (C=O) groups is 1. The van der Waals surface area contributed by atoms with Crippen LogP contribution >= 0.6 is 11.6 Å². The second-order valence-corrected chi connectivity index (χ2v) is 7.87. The zero-order valence-corrected chi connectivity index (χ0v) is 17.7. The number of aryl methyl sites for hydroxylation is 1. The topological polar surface area (TPSA) is 59.4 Å². The van der Waals surface area contributed by atoms with Gasteiger partial charge in [0.2, 0.25) is 5.91 Å². The summed E-state index contributed by atoms with van der Waals surface area (Å²) in [5, 5.41) is 8.38. The van der Waals surface area contributed by atoms with Gasteiger partial charge in [-0.2, -0.15) is 5.10 Å². The first kappa shape index (κ1) is 20.4. The number of nitrogens with zero attached hydrogens (tertiary/aromatic N) is 3. The van der Waals surface area contributed by atoms with Gasteiger partial charge >= 0.3 is 0 Å². The fourth-order valence-electron chi connectivity index (χ4n) is 3.44. The Bertz CT molecular complexity index is 993. The zero-order chi connectivity index (χ0) is 20.9. The Labute approximate surface area is 181 Å². The molecule has 0 unspecified atom stereocenters. The van der Waals surface area contributed by atoms with Crippen LogP contribution in [0.5, 0.6) is 0 Å². The van der Waals surface area contributed by atoms with E-state index >= 15 is 0 Å². The fraction of sp³-hybridized carbons (Fsp3) is 0.304. The summed E-state index contributed by atoms with van der Waals surface area (Å²) < 4.78 is 7.21. The standard InChI is InChI=1S/C23H25ClN4O2/c1-17-2-6-19(7-3-17)21-15-28(26-23(21)27-10-12-30-13-11-27)16-22(29)25-14-18-4-8-20(24)9-5-18/h2-9,15H,10-14,16H2,1H3,(H,25,29). The molecule has 1 amide bonds. The third kappa shape index (κ3) is 5.01. The van der Waals surface area contributed by atoms with E-state index in [1.54, 1.807) is 4.68 Å². The van der Waals surface area contributed by atoms with Crippen LogP contribution in [-0.4, -0.2) is 42.0 Å². The van der Waals surface area contributed by atoms with Crippen molar-refractivity contribution in [2.24, 2.45) is 0 Å². The molecule has 1 aliphatic heterocycles. The zero-order valence-electron chi connectivity index (χ0n) is 17.0. The maximum Gasteiger partial charge on any atom is 0.241 e. The highest BCUT2D eigenvalue weighted by molar-refractivity contribution is 6.30. The molecule has 0 bridgehead atoms. The van der Waals surface area contributed by atoms with Crippen molar-refractivity contribution in [1.29, 1.82) is 0 Å². The highest BCUT2D eigenvalue weighted by atomic mass is 35.5. The summed E-state index contributed by atoms with van der Waals surface area (Å²) in [5.74, 6) is 0.809. The molecule has 3 aromatic rings. The van der Waals surface area contributed by atoms with E-state index in [4.69, 9.17) is 21.4 Å². The number of aromatic nitrogens is 2. The minimum absolute atomic E-state index is 0.0866. The number of amides is 1. The molecule has 1 N–H and O–H groups in total. The van der Waals surface area contributed by atoms with Gasteiger partial charge in [0.25, 0.3) is 0 Å². The predicted molar refractivity (Wildman–Crippen MR) is 119 cm³/mol. The summed E-state index contributed by atoms with van der Waals surface area (Å²) >= 11 is 5.91. The molecule has 156 valence electrons. The van der Waals surface area contributed by atoms with Gasteiger partial charge in [0, 0.05) is 36.4 Å². The van der Waals surface area contributed by atoms with Crippen LogP contribution in [-0.2, 0) is 22.6 Å². The van der Waals surface area contributed by atoms with E-state index in [1.165, 1.54) is 5.56 Å². The first-order valence-electron chi connectivity index (χ1n) is 10.1. The Morgan fingerprint density at radius 2 is 1.80 bits per heavy atom. The lowest BCUT2D eigenvalue weighted by Gasteiger charge is -2.27. The molecule has 6 nitrogen and oxygen atoms in total. The van der Waals surface area contributed by atoms with Gasteiger partial charge in [-0.15, -0.1) is 0 Å². The third-order valence-corrected chi connectivity index (χ3v) is 5.38. The van der Waals surface area contributed by atoms with Gasteiger partial charge in [-0.3, -0.25) is 9.48 Å². The van der Waals surface area contributed by atoms with E-state index in [0.29, 0.717) is 24.8 Å². The summed E-state index contributed by atoms with van der Waals surface area (Å²) in [7, 11) is 0. The van der Waals surface area contributed by atoms with E-state index in [9.17, 15) is 4.79 Å². The van der Waals surface area contributed by atoms with E-state index in [1.807, 2.05) is 30.5 Å². The van der Waals surface area contributed by atoms with Crippen LogP contribution < -0.4 is 10.2 Å². The molecule has 1 fully saturated rings. The highest BCUT2D eigenvalue weighted by Gasteiger charge is 2.20. The Hall–Kier alpha value is -2.83. The molecule has 0 radical (unpaired) electrons. The summed E-state index contributed by atoms with van der Waals surface area (Å²) in [5.41, 5.74) is 4.33. The first-order chi connectivity index (χ1) is 14.6. The van der Waals surface area contributed by atoms with Gasteiger partial charge in [-0.05, 0) is 30.2 Å². The highest BCUT2D eigenvalue weighted by Crippen LogP contribution is 2.30. The molecule has 7 heteroatoms. The minimum Gasteiger partial charge on any atom is -0.378 e. The van der Waals surface area contributed by atoms with Crippen LogP contribution in [0, 0.1) is 6.92 Å². The summed E-state index contributed by atoms with van der Waals surface area (Å²) in [6.07, 6.45) is 1.96. The summed E-state index contributed by atoms with van der Waals surface area (Å²) in [6.45, 7) is 5.64. The number of rotatable bonds is 6. The molecule has 0 aliphatic carbocycles. The molecule has 2 aromatic carbocycles. The molecule has 0 atom stereocenters. The predicted octanol–water partition coefficient (Wildman–Crippen LogP) is 3.66. The molecular weight excluding hydrogens is 400 g/mol. The Kier molecular flexibility index (Phi) is 6.35. The molecule has 1 aliphatic rings. The van der Waals surface area contributed by atoms with E-state index < -0.39 is 0 Å². The normalized spacial score (nSPS) is 14.0. The maximum atomic E-state index is 12.5. The van der Waals surface area contributed by atoms with Crippen LogP contribution in [0.3, 0.4) is 0 Å². The lowest BCUT2D eigenvalue weighted by molar-refractivity contribution is -0.122. The number of carbonyl (C=O) groups excluding carboxylic acids is 1. The van der Waals surface area contributed by atoms with Crippen LogP contribution in [0.1, 0.15) is 11.1 Å². The number of hydrogen-bond acceptors (Lipinski definition) is 4. The van der Waals surface area contributed by atoms with Crippen LogP contribution in [0.4, 0.5) is 5.82 Å². The summed E-state index contributed by atoms with van der Waals surface area (Å²) in [6, 6.07) is 15.8. The van der Waals surface area contributed by atoms with Crippen molar-refractivity contribution < 1.29 is 9.53 Å². The van der Waals surface area contributed by atoms with E-state index in [2.05, 4.69) is 41.4 Å². The van der Waals surface area contributed by atoms with Crippen molar-refractivity contribution in [3.63, 3.8) is 0 Å². The molecule has 2 heterocycles. The van der Waals surface area contributed by atoms with Gasteiger partial charge in [0.1, 0.15) is 6.54 Å². The fourth-order valence-corrected chi connectivity index (χ4v) is 3.57. The van der Waals surface area contributed by atoms with Crippen molar-refractivity contribution in [3.8, 4) is 11.1 Å². The third-order valence-electron chi connectivity index (χ3n) is 5.12. The number of hydrogen-bond donors (Lipinski definition) is 1. The lowest BCUT2D eigenvalue weighted by Crippen LogP contribution is -2.37. The molecule has 30 heavy (non-hydrogen) atoms. The van der Waals surface area contributed by atoms with Gasteiger partial charge in [0.15, 0.2) is 5.82 Å². The average molecular weight is 425 g/mol. The summed E-state index contributed by atoms with van der Waals surface area (Å²) in [4.78, 5) is 14.7. The SMILES string of the molecule is Cc1ccc(-c2cn(CC(=O)NCc3ccc(Cl)cc3)nc2N2CCOCC2)cc1. The first-order valence-corrected chi connectivity index (χ1v) is 10.4. The molecular formula is C23H25ClN4O2. The van der Waals surface area contributed by atoms with Crippen molar-refractivity contribution in [3.05, 3.63) is 70.9 Å². The Morgan fingerprint density at radius 1 is 1.10 bits per heavy atom. The van der Waals surface area contributed by atoms with E-state index in [-0.39, 0.29) is 12.5 Å². The minimum atomic E-state index is -0.0866. The number of nitrogens with one attached hydrogen (secondary N) is 1.